The summed E-state index contributed by atoms with van der Waals surface area (Å²) >= 11 is 3.92. The fourth-order valence-electron chi connectivity index (χ4n) is 2.10. The van der Waals surface area contributed by atoms with E-state index < -0.39 is 0 Å². The van der Waals surface area contributed by atoms with Crippen LogP contribution < -0.4 is 10.6 Å². The van der Waals surface area contributed by atoms with Crippen molar-refractivity contribution in [2.75, 3.05) is 24.2 Å². The molecule has 24 heavy (non-hydrogen) atoms. The lowest BCUT2D eigenvalue weighted by atomic mass is 10.2. The number of anilines is 1. The van der Waals surface area contributed by atoms with Gasteiger partial charge in [-0.2, -0.15) is 0 Å². The van der Waals surface area contributed by atoms with Crippen LogP contribution in [0.2, 0.25) is 0 Å². The lowest BCUT2D eigenvalue weighted by molar-refractivity contribution is -0.119. The van der Waals surface area contributed by atoms with Gasteiger partial charge in [-0.05, 0) is 24.3 Å². The molecule has 2 N–H and O–H groups in total. The number of nitrogens with one attached hydrogen (secondary N) is 2. The quantitative estimate of drug-likeness (QED) is 0.562. The molecule has 0 aliphatic carbocycles. The Morgan fingerprint density at radius 2 is 2.33 bits per heavy atom. The smallest absolute Gasteiger partial charge is 0.267 e. The van der Waals surface area contributed by atoms with Gasteiger partial charge in [-0.15, -0.1) is 21.5 Å². The number of rotatable bonds is 7. The summed E-state index contributed by atoms with van der Waals surface area (Å²) in [5, 5.41) is 15.7. The van der Waals surface area contributed by atoms with Gasteiger partial charge in [0, 0.05) is 13.2 Å². The normalized spacial score (nSPS) is 16.9. The molecule has 0 aromatic carbocycles. The Balaban J connectivity index is 1.40. The highest BCUT2D eigenvalue weighted by atomic mass is 32.2. The molecule has 0 saturated carbocycles. The van der Waals surface area contributed by atoms with Crippen molar-refractivity contribution in [3.8, 4) is 0 Å². The van der Waals surface area contributed by atoms with Gasteiger partial charge in [0.1, 0.15) is 0 Å². The molecule has 0 bridgehead atoms. The van der Waals surface area contributed by atoms with Crippen LogP contribution in [-0.2, 0) is 9.53 Å². The Hall–Kier alpha value is -1.49. The third kappa shape index (κ3) is 5.00. The minimum atomic E-state index is -0.202. The van der Waals surface area contributed by atoms with Crippen molar-refractivity contribution in [2.45, 2.75) is 23.3 Å². The molecular weight excluding hydrogens is 368 g/mol. The maximum atomic E-state index is 11.9. The Morgan fingerprint density at radius 3 is 3.08 bits per heavy atom. The number of nitrogens with zero attached hydrogens (tertiary/aromatic N) is 2. The van der Waals surface area contributed by atoms with Crippen LogP contribution in [0.1, 0.15) is 22.5 Å². The molecule has 1 atom stereocenters. The second-order valence-corrected chi connectivity index (χ2v) is 8.18. The predicted octanol–water partition coefficient (Wildman–Crippen LogP) is 2.24. The molecule has 10 heteroatoms. The number of carbonyl (C=O) groups is 2. The molecular formula is C14H16N4O3S3. The number of aromatic nitrogens is 2. The molecule has 7 nitrogen and oxygen atoms in total. The molecule has 1 aliphatic heterocycles. The Labute approximate surface area is 151 Å². The van der Waals surface area contributed by atoms with Crippen LogP contribution in [0.25, 0.3) is 0 Å². The standard InChI is InChI=1S/C14H16N4O3S3/c19-11(15-7-9-3-1-5-21-9)8-23-14-18-17-13(24-14)16-12(20)10-4-2-6-22-10/h2,4,6,9H,1,3,5,7-8H2,(H,15,19)(H,16,17,20). The van der Waals surface area contributed by atoms with E-state index in [4.69, 9.17) is 4.74 Å². The Bertz CT molecular complexity index is 683. The van der Waals surface area contributed by atoms with E-state index in [-0.39, 0.29) is 23.7 Å². The second-order valence-electron chi connectivity index (χ2n) is 5.03. The minimum absolute atomic E-state index is 0.0603. The SMILES string of the molecule is O=C(CSc1nnc(NC(=O)c2cccs2)s1)NCC1CCCO1. The molecule has 1 fully saturated rings. The van der Waals surface area contributed by atoms with Gasteiger partial charge in [0.2, 0.25) is 11.0 Å². The zero-order chi connectivity index (χ0) is 16.8. The van der Waals surface area contributed by atoms with Gasteiger partial charge in [0.05, 0.1) is 16.7 Å². The van der Waals surface area contributed by atoms with E-state index in [2.05, 4.69) is 20.8 Å². The molecule has 3 rings (SSSR count). The summed E-state index contributed by atoms with van der Waals surface area (Å²) in [5.41, 5.74) is 0. The molecule has 2 amide bonds. The first-order valence-corrected chi connectivity index (χ1v) is 10.1. The van der Waals surface area contributed by atoms with E-state index in [0.29, 0.717) is 20.9 Å². The summed E-state index contributed by atoms with van der Waals surface area (Å²) < 4.78 is 6.10. The first-order chi connectivity index (χ1) is 11.7. The van der Waals surface area contributed by atoms with Gasteiger partial charge in [-0.1, -0.05) is 29.2 Å². The molecule has 0 spiro atoms. The molecule has 2 aromatic heterocycles. The van der Waals surface area contributed by atoms with Crippen LogP contribution in [0, 0.1) is 0 Å². The van der Waals surface area contributed by atoms with Crippen molar-refractivity contribution in [2.24, 2.45) is 0 Å². The van der Waals surface area contributed by atoms with Crippen molar-refractivity contribution >= 4 is 51.4 Å². The number of amides is 2. The van der Waals surface area contributed by atoms with Crippen LogP contribution in [0.5, 0.6) is 0 Å². The molecule has 3 heterocycles. The van der Waals surface area contributed by atoms with E-state index in [1.807, 2.05) is 11.4 Å². The average Bonchev–Trinajstić information content (AvgIpc) is 3.32. The zero-order valence-corrected chi connectivity index (χ0v) is 15.1. The fraction of sp³-hybridized carbons (Fsp3) is 0.429. The molecule has 1 unspecified atom stereocenters. The van der Waals surface area contributed by atoms with Gasteiger partial charge in [0.25, 0.3) is 5.91 Å². The highest BCUT2D eigenvalue weighted by Crippen LogP contribution is 2.26. The molecule has 2 aromatic rings. The highest BCUT2D eigenvalue weighted by molar-refractivity contribution is 8.01. The number of carbonyl (C=O) groups excluding carboxylic acids is 2. The van der Waals surface area contributed by atoms with E-state index in [0.717, 1.165) is 19.4 Å². The van der Waals surface area contributed by atoms with Crippen molar-refractivity contribution in [1.82, 2.24) is 15.5 Å². The summed E-state index contributed by atoms with van der Waals surface area (Å²) in [5.74, 6) is 0.00196. The summed E-state index contributed by atoms with van der Waals surface area (Å²) in [7, 11) is 0. The summed E-state index contributed by atoms with van der Waals surface area (Å²) in [4.78, 5) is 24.3. The Kier molecular flexibility index (Phi) is 6.18. The van der Waals surface area contributed by atoms with Gasteiger partial charge in [-0.25, -0.2) is 0 Å². The van der Waals surface area contributed by atoms with E-state index >= 15 is 0 Å². The zero-order valence-electron chi connectivity index (χ0n) is 12.7. The largest absolute Gasteiger partial charge is 0.376 e. The third-order valence-corrected chi connectivity index (χ3v) is 6.09. The first-order valence-electron chi connectivity index (χ1n) is 7.40. The summed E-state index contributed by atoms with van der Waals surface area (Å²) in [6.45, 7) is 1.33. The number of ether oxygens (including phenoxy) is 1. The van der Waals surface area contributed by atoms with Gasteiger partial charge in [-0.3, -0.25) is 14.9 Å². The minimum Gasteiger partial charge on any atom is -0.376 e. The topological polar surface area (TPSA) is 93.2 Å². The first kappa shape index (κ1) is 17.3. The molecule has 0 radical (unpaired) electrons. The second kappa shape index (κ2) is 8.56. The molecule has 1 saturated heterocycles. The van der Waals surface area contributed by atoms with Crippen LogP contribution >= 0.6 is 34.4 Å². The van der Waals surface area contributed by atoms with Crippen LogP contribution in [0.15, 0.2) is 21.9 Å². The maximum Gasteiger partial charge on any atom is 0.267 e. The summed E-state index contributed by atoms with van der Waals surface area (Å²) in [6, 6.07) is 3.56. The van der Waals surface area contributed by atoms with Gasteiger partial charge >= 0.3 is 0 Å². The molecule has 1 aliphatic rings. The number of hydrogen-bond acceptors (Lipinski definition) is 8. The van der Waals surface area contributed by atoms with Crippen LogP contribution in [-0.4, -0.2) is 47.0 Å². The van der Waals surface area contributed by atoms with E-state index in [1.54, 1.807) is 6.07 Å². The number of thioether (sulfide) groups is 1. The Morgan fingerprint density at radius 1 is 1.42 bits per heavy atom. The van der Waals surface area contributed by atoms with Crippen LogP contribution in [0.4, 0.5) is 5.13 Å². The lowest BCUT2D eigenvalue weighted by Crippen LogP contribution is -2.32. The summed E-state index contributed by atoms with van der Waals surface area (Å²) in [6.07, 6.45) is 2.19. The van der Waals surface area contributed by atoms with Crippen molar-refractivity contribution < 1.29 is 14.3 Å². The third-order valence-electron chi connectivity index (χ3n) is 3.25. The number of thiophene rings is 1. The van der Waals surface area contributed by atoms with Crippen molar-refractivity contribution in [3.05, 3.63) is 22.4 Å². The lowest BCUT2D eigenvalue weighted by Gasteiger charge is -2.09. The van der Waals surface area contributed by atoms with Crippen molar-refractivity contribution in [1.29, 1.82) is 0 Å². The fourth-order valence-corrected chi connectivity index (χ4v) is 4.29. The maximum absolute atomic E-state index is 11.9. The van der Waals surface area contributed by atoms with Crippen molar-refractivity contribution in [3.63, 3.8) is 0 Å². The van der Waals surface area contributed by atoms with E-state index in [1.165, 1.54) is 34.4 Å². The van der Waals surface area contributed by atoms with Gasteiger partial charge in [0.15, 0.2) is 4.34 Å². The highest BCUT2D eigenvalue weighted by Gasteiger charge is 2.17. The van der Waals surface area contributed by atoms with Crippen LogP contribution in [0.3, 0.4) is 0 Å². The van der Waals surface area contributed by atoms with E-state index in [9.17, 15) is 9.59 Å². The number of hydrogen-bond donors (Lipinski definition) is 2. The predicted molar refractivity (Wildman–Crippen MR) is 94.9 cm³/mol. The monoisotopic (exact) mass is 384 g/mol. The van der Waals surface area contributed by atoms with Gasteiger partial charge < -0.3 is 10.1 Å². The molecule has 128 valence electrons. The average molecular weight is 385 g/mol.